The average molecular weight is 411 g/mol. The summed E-state index contributed by atoms with van der Waals surface area (Å²) in [5, 5.41) is 22.0. The molecule has 6 heteroatoms. The van der Waals surface area contributed by atoms with Crippen LogP contribution in [-0.4, -0.2) is 28.6 Å². The van der Waals surface area contributed by atoms with Gasteiger partial charge in [0.25, 0.3) is 0 Å². The van der Waals surface area contributed by atoms with Gasteiger partial charge in [-0.2, -0.15) is 5.26 Å². The number of fused-ring (bicyclic) bond motifs is 7. The third kappa shape index (κ3) is 1.71. The molecule has 5 fully saturated rings. The van der Waals surface area contributed by atoms with Crippen molar-refractivity contribution in [1.82, 2.24) is 0 Å². The number of ketones is 1. The van der Waals surface area contributed by atoms with Gasteiger partial charge in [0, 0.05) is 24.0 Å². The molecule has 0 amide bonds. The number of esters is 1. The Bertz CT molecular complexity index is 967. The Balaban J connectivity index is 1.54. The Hall–Kier alpha value is -1.87. The lowest BCUT2D eigenvalue weighted by Gasteiger charge is -2.63. The van der Waals surface area contributed by atoms with E-state index in [4.69, 9.17) is 10.5 Å². The van der Waals surface area contributed by atoms with Crippen molar-refractivity contribution < 1.29 is 19.4 Å². The lowest BCUT2D eigenvalue weighted by molar-refractivity contribution is -0.198. The molecule has 1 spiro atoms. The minimum Gasteiger partial charge on any atom is -0.458 e. The number of Topliss-reactive ketones (excluding diaryl/α,β-unsaturated/α-hetero) is 1. The van der Waals surface area contributed by atoms with E-state index in [2.05, 4.69) is 19.9 Å². The van der Waals surface area contributed by atoms with E-state index in [1.54, 1.807) is 0 Å². The second-order valence-corrected chi connectivity index (χ2v) is 11.4. The number of nitrogens with zero attached hydrogens (tertiary/aromatic N) is 1. The van der Waals surface area contributed by atoms with Crippen LogP contribution in [0.5, 0.6) is 0 Å². The normalized spacial score (nSPS) is 56.0. The zero-order valence-electron chi connectivity index (χ0n) is 17.7. The zero-order valence-corrected chi connectivity index (χ0v) is 17.7. The quantitative estimate of drug-likeness (QED) is 0.594. The SMILES string of the molecule is CC12CCC(=O)C3C(N)=C(CC31C#N)C1C2C(O)CC2(C)C1CC[C@@]21CCC(=O)O1. The minimum absolute atomic E-state index is 0.0554. The van der Waals surface area contributed by atoms with Crippen LogP contribution in [0.2, 0.25) is 0 Å². The minimum atomic E-state index is -0.826. The maximum absolute atomic E-state index is 12.9. The van der Waals surface area contributed by atoms with Crippen molar-refractivity contribution in [3.8, 4) is 6.07 Å². The Labute approximate surface area is 176 Å². The maximum atomic E-state index is 12.9. The van der Waals surface area contributed by atoms with Gasteiger partial charge in [0.2, 0.25) is 0 Å². The number of aliphatic hydroxyl groups excluding tert-OH is 1. The Kier molecular flexibility index (Phi) is 3.33. The van der Waals surface area contributed by atoms with E-state index < -0.39 is 28.5 Å². The standard InChI is InChI=1S/C24H30N2O4/c1-21-6-4-14(27)19-20(26)12(9-23(19,21)11-25)17-13-3-7-24(8-5-16(29)30-24)22(13,2)10-15(28)18(17)21/h13,15,17-19,28H,3-10,26H2,1-2H3/t13?,15?,17?,18?,19?,21?,22?,23?,24-/m1/s1. The number of aliphatic hydroxyl groups is 1. The largest absolute Gasteiger partial charge is 0.458 e. The summed E-state index contributed by atoms with van der Waals surface area (Å²) in [6, 6.07) is 2.57. The summed E-state index contributed by atoms with van der Waals surface area (Å²) in [6.45, 7) is 4.33. The third-order valence-electron chi connectivity index (χ3n) is 10.8. The van der Waals surface area contributed by atoms with Crippen molar-refractivity contribution in [3.63, 3.8) is 0 Å². The molecule has 0 aromatic rings. The highest BCUT2D eigenvalue weighted by Crippen LogP contribution is 2.76. The van der Waals surface area contributed by atoms with Crippen LogP contribution >= 0.6 is 0 Å². The fourth-order valence-corrected chi connectivity index (χ4v) is 9.47. The first kappa shape index (κ1) is 18.9. The van der Waals surface area contributed by atoms with Crippen LogP contribution in [0, 0.1) is 51.2 Å². The summed E-state index contributed by atoms with van der Waals surface area (Å²) in [4.78, 5) is 25.0. The summed E-state index contributed by atoms with van der Waals surface area (Å²) in [5.41, 5.74) is 6.25. The van der Waals surface area contributed by atoms with Gasteiger partial charge in [0.1, 0.15) is 11.4 Å². The van der Waals surface area contributed by atoms with E-state index in [9.17, 15) is 20.0 Å². The molecule has 6 nitrogen and oxygen atoms in total. The summed E-state index contributed by atoms with van der Waals surface area (Å²) >= 11 is 0. The highest BCUT2D eigenvalue weighted by molar-refractivity contribution is 5.88. The van der Waals surface area contributed by atoms with Crippen molar-refractivity contribution in [3.05, 3.63) is 11.3 Å². The highest BCUT2D eigenvalue weighted by atomic mass is 16.6. The van der Waals surface area contributed by atoms with Gasteiger partial charge in [-0.1, -0.05) is 13.8 Å². The second kappa shape index (κ2) is 5.30. The first-order valence-corrected chi connectivity index (χ1v) is 11.5. The molecule has 4 saturated carbocycles. The molecule has 30 heavy (non-hydrogen) atoms. The first-order chi connectivity index (χ1) is 14.1. The van der Waals surface area contributed by atoms with Crippen molar-refractivity contribution in [2.45, 2.75) is 76.9 Å². The molecule has 1 heterocycles. The van der Waals surface area contributed by atoms with E-state index in [0.717, 1.165) is 24.8 Å². The predicted octanol–water partition coefficient (Wildman–Crippen LogP) is 2.60. The molecule has 0 aromatic carbocycles. The second-order valence-electron chi connectivity index (χ2n) is 11.4. The van der Waals surface area contributed by atoms with Gasteiger partial charge in [-0.15, -0.1) is 0 Å². The Morgan fingerprint density at radius 2 is 1.93 bits per heavy atom. The summed E-state index contributed by atoms with van der Waals surface area (Å²) in [5.74, 6) is -0.352. The van der Waals surface area contributed by atoms with Crippen LogP contribution in [-0.2, 0) is 14.3 Å². The zero-order chi connectivity index (χ0) is 21.3. The third-order valence-corrected chi connectivity index (χ3v) is 10.8. The monoisotopic (exact) mass is 410 g/mol. The number of carbonyl (C=O) groups excluding carboxylic acids is 2. The van der Waals surface area contributed by atoms with E-state index in [-0.39, 0.29) is 34.9 Å². The average Bonchev–Trinajstić information content (AvgIpc) is 3.31. The van der Waals surface area contributed by atoms with E-state index in [1.807, 2.05) is 0 Å². The maximum Gasteiger partial charge on any atom is 0.306 e. The molecule has 8 unspecified atom stereocenters. The van der Waals surface area contributed by atoms with Gasteiger partial charge in [-0.25, -0.2) is 0 Å². The van der Waals surface area contributed by atoms with Gasteiger partial charge in [0.05, 0.1) is 23.5 Å². The van der Waals surface area contributed by atoms with Gasteiger partial charge >= 0.3 is 5.97 Å². The molecule has 1 saturated heterocycles. The van der Waals surface area contributed by atoms with Gasteiger partial charge in [0.15, 0.2) is 0 Å². The highest BCUT2D eigenvalue weighted by Gasteiger charge is 2.76. The van der Waals surface area contributed by atoms with Crippen molar-refractivity contribution >= 4 is 11.8 Å². The molecule has 1 aliphatic heterocycles. The first-order valence-electron chi connectivity index (χ1n) is 11.5. The number of carbonyl (C=O) groups is 2. The Morgan fingerprint density at radius 3 is 2.60 bits per heavy atom. The van der Waals surface area contributed by atoms with Gasteiger partial charge in [-0.05, 0) is 67.3 Å². The molecule has 2 bridgehead atoms. The number of hydrogen-bond donors (Lipinski definition) is 2. The van der Waals surface area contributed by atoms with Crippen LogP contribution in [0.15, 0.2) is 11.3 Å². The number of allylic oxidation sites excluding steroid dienone is 2. The summed E-state index contributed by atoms with van der Waals surface area (Å²) in [7, 11) is 0. The fourth-order valence-electron chi connectivity index (χ4n) is 9.47. The Morgan fingerprint density at radius 1 is 1.17 bits per heavy atom. The van der Waals surface area contributed by atoms with Crippen molar-refractivity contribution in [2.75, 3.05) is 0 Å². The molecule has 0 aromatic heterocycles. The van der Waals surface area contributed by atoms with Crippen molar-refractivity contribution in [1.29, 1.82) is 5.26 Å². The van der Waals surface area contributed by atoms with E-state index >= 15 is 0 Å². The number of rotatable bonds is 0. The summed E-state index contributed by atoms with van der Waals surface area (Å²) in [6.07, 6.45) is 4.52. The smallest absolute Gasteiger partial charge is 0.306 e. The van der Waals surface area contributed by atoms with Gasteiger partial charge in [-0.3, -0.25) is 9.59 Å². The molecule has 3 N–H and O–H groups in total. The molecule has 9 atom stereocenters. The van der Waals surface area contributed by atoms with Crippen LogP contribution in [0.4, 0.5) is 0 Å². The topological polar surface area (TPSA) is 113 Å². The summed E-state index contributed by atoms with van der Waals surface area (Å²) < 4.78 is 5.98. The van der Waals surface area contributed by atoms with Gasteiger partial charge < -0.3 is 15.6 Å². The lowest BCUT2D eigenvalue weighted by Crippen LogP contribution is -2.64. The van der Waals surface area contributed by atoms with Crippen LogP contribution in [0.1, 0.15) is 65.2 Å². The predicted molar refractivity (Wildman–Crippen MR) is 106 cm³/mol. The number of ether oxygens (including phenoxy) is 1. The molecule has 6 rings (SSSR count). The number of hydrogen-bond acceptors (Lipinski definition) is 6. The van der Waals surface area contributed by atoms with Crippen molar-refractivity contribution in [2.24, 2.45) is 45.7 Å². The van der Waals surface area contributed by atoms with E-state index in [1.165, 1.54) is 0 Å². The molecule has 5 aliphatic carbocycles. The number of nitrogens with two attached hydrogens (primary N) is 1. The van der Waals surface area contributed by atoms with Crippen LogP contribution < -0.4 is 5.73 Å². The van der Waals surface area contributed by atoms with E-state index in [0.29, 0.717) is 37.8 Å². The fraction of sp³-hybridized carbons (Fsp3) is 0.792. The van der Waals surface area contributed by atoms with Crippen LogP contribution in [0.25, 0.3) is 0 Å². The molecular weight excluding hydrogens is 380 g/mol. The van der Waals surface area contributed by atoms with Crippen LogP contribution in [0.3, 0.4) is 0 Å². The molecule has 6 aliphatic rings. The molecule has 160 valence electrons. The molecule has 0 radical (unpaired) electrons. The lowest BCUT2D eigenvalue weighted by atomic mass is 9.39. The molecular formula is C24H30N2O4. The number of nitriles is 1.